The van der Waals surface area contributed by atoms with Crippen molar-refractivity contribution in [1.82, 2.24) is 0 Å². The van der Waals surface area contributed by atoms with Crippen LogP contribution in [-0.4, -0.2) is 95.9 Å². The highest BCUT2D eigenvalue weighted by atomic mass is 31.2. The smallest absolute Gasteiger partial charge is 0.463 e. The summed E-state index contributed by atoms with van der Waals surface area (Å²) in [4.78, 5) is 58.8. The van der Waals surface area contributed by atoms with Gasteiger partial charge in [-0.2, -0.15) is 0 Å². The van der Waals surface area contributed by atoms with Crippen molar-refractivity contribution in [3.05, 3.63) is 170 Å². The lowest BCUT2D eigenvalue weighted by Crippen LogP contribution is -2.30. The standard InChI is InChI=1S/C91H152O16P2/c1-4-7-10-13-16-19-22-25-28-31-34-35-36-37-38-39-40-41-42-43-44-45-46-47-48-49-52-54-56-59-62-65-68-71-74-77-89(94)101-80-86(92)81-103-108(97,98)104-82-87(93)83-105-109(99,100)106-85-88(107-91(96)79-76-73-70-67-64-61-58-55-51-33-30-27-24-21-18-15-12-9-6-3)84-102-90(95)78-75-72-69-66-63-60-57-53-50-32-29-26-23-20-17-14-11-8-5-2/h7-8,10-11,16-21,25-30,34-35,37-38,40-41,50-51,53,55,60,63,86-88,92-93H,4-6,9,12-15,22-24,31-33,36,39,42-49,52,54,56-59,61-62,64-85H2,1-3H3,(H,97,98)(H,99,100)/b10-7-,11-8-,19-16-,20-17-,21-18-,28-25-,29-26-,30-27-,35-34-,38-37-,41-40-,53-50-,55-51-,63-60-. The number of rotatable bonds is 79. The number of carbonyl (C=O) groups is 3. The van der Waals surface area contributed by atoms with E-state index in [2.05, 4.69) is 191 Å². The molecule has 0 radical (unpaired) electrons. The largest absolute Gasteiger partial charge is 0.472 e. The molecule has 0 saturated carbocycles. The van der Waals surface area contributed by atoms with Gasteiger partial charge in [-0.25, -0.2) is 9.13 Å². The summed E-state index contributed by atoms with van der Waals surface area (Å²) in [5.41, 5.74) is 0. The average Bonchev–Trinajstić information content (AvgIpc) is 0.900. The predicted molar refractivity (Wildman–Crippen MR) is 454 cm³/mol. The summed E-state index contributed by atoms with van der Waals surface area (Å²) < 4.78 is 61.2. The number of unbranched alkanes of at least 4 members (excludes halogenated alkanes) is 28. The zero-order chi connectivity index (χ0) is 79.4. The first-order valence-electron chi connectivity index (χ1n) is 42.4. The highest BCUT2D eigenvalue weighted by Gasteiger charge is 2.29. The first-order chi connectivity index (χ1) is 53.2. The van der Waals surface area contributed by atoms with Crippen molar-refractivity contribution in [1.29, 1.82) is 0 Å². The normalized spacial score (nSPS) is 14.7. The Morgan fingerprint density at radius 1 is 0.266 bits per heavy atom. The van der Waals surface area contributed by atoms with Crippen LogP contribution < -0.4 is 0 Å². The minimum absolute atomic E-state index is 0.0778. The van der Waals surface area contributed by atoms with Crippen LogP contribution in [0.2, 0.25) is 0 Å². The van der Waals surface area contributed by atoms with E-state index in [9.17, 15) is 43.5 Å². The van der Waals surface area contributed by atoms with Gasteiger partial charge < -0.3 is 34.2 Å². The Labute approximate surface area is 662 Å². The summed E-state index contributed by atoms with van der Waals surface area (Å²) >= 11 is 0. The van der Waals surface area contributed by atoms with E-state index in [-0.39, 0.29) is 19.3 Å². The number of aliphatic hydroxyl groups is 2. The first kappa shape index (κ1) is 104. The Morgan fingerprint density at radius 2 is 0.486 bits per heavy atom. The van der Waals surface area contributed by atoms with Gasteiger partial charge in [-0.1, -0.05) is 326 Å². The van der Waals surface area contributed by atoms with Crippen molar-refractivity contribution < 1.29 is 75.8 Å². The quantitative estimate of drug-likeness (QED) is 0.0146. The Bertz CT molecular complexity index is 2660. The summed E-state index contributed by atoms with van der Waals surface area (Å²) in [6, 6.07) is 0. The lowest BCUT2D eigenvalue weighted by Gasteiger charge is -2.21. The molecule has 0 aromatic heterocycles. The van der Waals surface area contributed by atoms with Crippen LogP contribution >= 0.6 is 15.6 Å². The first-order valence-corrected chi connectivity index (χ1v) is 45.4. The number of phosphoric acid groups is 2. The molecule has 5 unspecified atom stereocenters. The third-order valence-electron chi connectivity index (χ3n) is 17.4. The molecule has 4 N–H and O–H groups in total. The molecule has 0 spiro atoms. The van der Waals surface area contributed by atoms with E-state index in [0.29, 0.717) is 19.3 Å². The predicted octanol–water partition coefficient (Wildman–Crippen LogP) is 25.5. The van der Waals surface area contributed by atoms with Crippen LogP contribution in [0.25, 0.3) is 0 Å². The molecule has 0 bridgehead atoms. The third-order valence-corrected chi connectivity index (χ3v) is 19.3. The van der Waals surface area contributed by atoms with E-state index in [4.69, 9.17) is 32.3 Å². The molecular formula is C91H152O16P2. The topological polar surface area (TPSA) is 231 Å². The SMILES string of the molecule is CC/C=C\C/C=C\C/C=C\C/C=C\C/C=C\C/C=C\CCCCCCCCCCCCCCCCCCC(=O)OCC(O)COP(=O)(O)OCC(O)COP(=O)(O)OCC(COC(=O)CCCCC/C=C\C/C=C\C/C=C\C/C=C\C/C=C\CC)OC(=O)CCCCCCCC/C=C\C/C=C\C/C=C\CCCCC. The maximum Gasteiger partial charge on any atom is 0.472 e. The van der Waals surface area contributed by atoms with Gasteiger partial charge in [0.05, 0.1) is 26.4 Å². The van der Waals surface area contributed by atoms with Crippen LogP contribution in [0.1, 0.15) is 329 Å². The highest BCUT2D eigenvalue weighted by molar-refractivity contribution is 7.47. The number of carbonyl (C=O) groups excluding carboxylic acids is 3. The Balaban J connectivity index is 4.51. The molecule has 0 rings (SSSR count). The Hall–Kier alpha value is -5.09. The second-order valence-electron chi connectivity index (χ2n) is 27.9. The zero-order valence-electron chi connectivity index (χ0n) is 68.2. The minimum atomic E-state index is -4.95. The van der Waals surface area contributed by atoms with Crippen LogP contribution in [0, 0.1) is 0 Å². The van der Waals surface area contributed by atoms with Crippen molar-refractivity contribution in [3.8, 4) is 0 Å². The van der Waals surface area contributed by atoms with Crippen LogP contribution in [-0.2, 0) is 55.8 Å². The number of hydrogen-bond acceptors (Lipinski definition) is 14. The van der Waals surface area contributed by atoms with Crippen LogP contribution in [0.5, 0.6) is 0 Å². The van der Waals surface area contributed by atoms with Gasteiger partial charge in [-0.15, -0.1) is 0 Å². The Morgan fingerprint density at radius 3 is 0.780 bits per heavy atom. The van der Waals surface area contributed by atoms with Gasteiger partial charge in [0.1, 0.15) is 25.4 Å². The van der Waals surface area contributed by atoms with Crippen LogP contribution in [0.15, 0.2) is 170 Å². The lowest BCUT2D eigenvalue weighted by atomic mass is 10.0. The van der Waals surface area contributed by atoms with E-state index in [1.807, 2.05) is 0 Å². The molecule has 0 aromatic carbocycles. The molecule has 622 valence electrons. The number of esters is 3. The molecule has 16 nitrogen and oxygen atoms in total. The second kappa shape index (κ2) is 82.4. The number of allylic oxidation sites excluding steroid dienone is 28. The summed E-state index contributed by atoms with van der Waals surface area (Å²) in [7, 11) is -9.82. The van der Waals surface area contributed by atoms with Crippen molar-refractivity contribution in [3.63, 3.8) is 0 Å². The monoisotopic (exact) mass is 1560 g/mol. The molecule has 18 heteroatoms. The van der Waals surface area contributed by atoms with Gasteiger partial charge in [-0.05, 0) is 154 Å². The summed E-state index contributed by atoms with van der Waals surface area (Å²) in [5, 5.41) is 20.7. The molecule has 0 saturated heterocycles. The number of phosphoric ester groups is 2. The fourth-order valence-electron chi connectivity index (χ4n) is 11.0. The molecular weight excluding hydrogens is 1410 g/mol. The maximum absolute atomic E-state index is 13.0. The van der Waals surface area contributed by atoms with E-state index in [1.165, 1.54) is 103 Å². The molecule has 0 aromatic rings. The summed E-state index contributed by atoms with van der Waals surface area (Å²) in [6.45, 7) is 2.38. The van der Waals surface area contributed by atoms with Crippen molar-refractivity contribution in [2.45, 2.75) is 347 Å². The average molecular weight is 1560 g/mol. The Kier molecular flexibility index (Phi) is 78.5. The molecule has 0 amide bonds. The van der Waals surface area contributed by atoms with Gasteiger partial charge in [0.2, 0.25) is 0 Å². The minimum Gasteiger partial charge on any atom is -0.463 e. The van der Waals surface area contributed by atoms with Crippen molar-refractivity contribution >= 4 is 33.6 Å². The summed E-state index contributed by atoms with van der Waals surface area (Å²) in [6.07, 6.45) is 106. The van der Waals surface area contributed by atoms with Crippen molar-refractivity contribution in [2.24, 2.45) is 0 Å². The molecule has 0 aliphatic carbocycles. The number of hydrogen-bond donors (Lipinski definition) is 4. The molecule has 0 aliphatic rings. The van der Waals surface area contributed by atoms with Crippen molar-refractivity contribution in [2.75, 3.05) is 39.6 Å². The molecule has 0 heterocycles. The fraction of sp³-hybridized carbons (Fsp3) is 0.659. The number of aliphatic hydroxyl groups excluding tert-OH is 2. The van der Waals surface area contributed by atoms with Gasteiger partial charge in [-0.3, -0.25) is 32.5 Å². The van der Waals surface area contributed by atoms with Crippen LogP contribution in [0.4, 0.5) is 0 Å². The molecule has 109 heavy (non-hydrogen) atoms. The lowest BCUT2D eigenvalue weighted by molar-refractivity contribution is -0.161. The van der Waals surface area contributed by atoms with E-state index in [0.717, 1.165) is 167 Å². The van der Waals surface area contributed by atoms with Gasteiger partial charge in [0.15, 0.2) is 6.10 Å². The molecule has 0 fully saturated rings. The maximum atomic E-state index is 13.0. The van der Waals surface area contributed by atoms with E-state index in [1.54, 1.807) is 0 Å². The number of ether oxygens (including phenoxy) is 3. The van der Waals surface area contributed by atoms with E-state index >= 15 is 0 Å². The highest BCUT2D eigenvalue weighted by Crippen LogP contribution is 2.45. The third kappa shape index (κ3) is 83.7. The molecule has 0 aliphatic heterocycles. The molecule has 5 atom stereocenters. The van der Waals surface area contributed by atoms with E-state index < -0.39 is 91.5 Å². The van der Waals surface area contributed by atoms with Gasteiger partial charge in [0, 0.05) is 19.3 Å². The second-order valence-corrected chi connectivity index (χ2v) is 30.8. The summed E-state index contributed by atoms with van der Waals surface area (Å²) in [5.74, 6) is -1.63. The van der Waals surface area contributed by atoms with Gasteiger partial charge in [0.25, 0.3) is 0 Å². The van der Waals surface area contributed by atoms with Gasteiger partial charge >= 0.3 is 33.6 Å². The zero-order valence-corrected chi connectivity index (χ0v) is 70.0. The van der Waals surface area contributed by atoms with Crippen LogP contribution in [0.3, 0.4) is 0 Å². The fourth-order valence-corrected chi connectivity index (χ4v) is 12.6.